The molecule has 2 heterocycles. The number of nitrogens with zero attached hydrogens (tertiary/aromatic N) is 3. The molecule has 3 aromatic rings. The Bertz CT molecular complexity index is 914. The van der Waals surface area contributed by atoms with Crippen molar-refractivity contribution in [2.45, 2.75) is 32.2 Å². The second kappa shape index (κ2) is 7.12. The lowest BCUT2D eigenvalue weighted by molar-refractivity contribution is 0.0971. The van der Waals surface area contributed by atoms with E-state index in [0.29, 0.717) is 19.4 Å². The molecule has 1 aliphatic rings. The first-order valence-corrected chi connectivity index (χ1v) is 8.88. The molecule has 4 rings (SSSR count). The molecule has 0 spiro atoms. The Labute approximate surface area is 152 Å². The van der Waals surface area contributed by atoms with Crippen LogP contribution in [0.4, 0.5) is 0 Å². The van der Waals surface area contributed by atoms with Crippen LogP contribution in [0, 0.1) is 0 Å². The zero-order chi connectivity index (χ0) is 17.9. The highest BCUT2D eigenvalue weighted by molar-refractivity contribution is 5.99. The first-order valence-electron chi connectivity index (χ1n) is 8.88. The van der Waals surface area contributed by atoms with Crippen molar-refractivity contribution in [3.05, 3.63) is 76.9 Å². The molecule has 0 saturated carbocycles. The Hall–Kier alpha value is -2.95. The molecule has 132 valence electrons. The maximum atomic E-state index is 12.6. The van der Waals surface area contributed by atoms with Gasteiger partial charge in [0.05, 0.1) is 24.9 Å². The Morgan fingerprint density at radius 3 is 2.54 bits per heavy atom. The number of Topliss-reactive ketones (excluding diaryl/α,β-unsaturated/α-hetero) is 1. The maximum absolute atomic E-state index is 12.6. The van der Waals surface area contributed by atoms with Gasteiger partial charge in [-0.15, -0.1) is 0 Å². The second-order valence-corrected chi connectivity index (χ2v) is 6.58. The Balaban J connectivity index is 1.68. The summed E-state index contributed by atoms with van der Waals surface area (Å²) in [4.78, 5) is 16.6. The molecular weight excluding hydrogens is 326 g/mol. The molecule has 0 aliphatic heterocycles. The van der Waals surface area contributed by atoms with Crippen LogP contribution >= 0.6 is 0 Å². The third-order valence-corrected chi connectivity index (χ3v) is 4.84. The largest absolute Gasteiger partial charge is 0.497 e. The molecule has 0 saturated heterocycles. The van der Waals surface area contributed by atoms with Crippen molar-refractivity contribution < 1.29 is 9.53 Å². The van der Waals surface area contributed by atoms with Gasteiger partial charge in [0, 0.05) is 30.9 Å². The van der Waals surface area contributed by atoms with Gasteiger partial charge in [-0.25, -0.2) is 0 Å². The summed E-state index contributed by atoms with van der Waals surface area (Å²) < 4.78 is 7.22. The molecule has 0 fully saturated rings. The van der Waals surface area contributed by atoms with Crippen molar-refractivity contribution in [1.82, 2.24) is 14.8 Å². The van der Waals surface area contributed by atoms with Gasteiger partial charge in [0.1, 0.15) is 5.75 Å². The molecule has 26 heavy (non-hydrogen) atoms. The summed E-state index contributed by atoms with van der Waals surface area (Å²) >= 11 is 0. The van der Waals surface area contributed by atoms with E-state index in [9.17, 15) is 4.79 Å². The van der Waals surface area contributed by atoms with Gasteiger partial charge >= 0.3 is 0 Å². The maximum Gasteiger partial charge on any atom is 0.166 e. The number of hydrogen-bond donors (Lipinski definition) is 0. The number of methoxy groups -OCH3 is 1. The monoisotopic (exact) mass is 347 g/mol. The summed E-state index contributed by atoms with van der Waals surface area (Å²) in [7, 11) is 1.66. The van der Waals surface area contributed by atoms with E-state index in [0.717, 1.165) is 46.7 Å². The topological polar surface area (TPSA) is 57.0 Å². The fourth-order valence-corrected chi connectivity index (χ4v) is 3.52. The molecule has 1 aromatic carbocycles. The highest BCUT2D eigenvalue weighted by Gasteiger charge is 2.26. The van der Waals surface area contributed by atoms with Crippen LogP contribution in [0.3, 0.4) is 0 Å². The molecule has 0 unspecified atom stereocenters. The van der Waals surface area contributed by atoms with Gasteiger partial charge in [0.15, 0.2) is 5.78 Å². The lowest BCUT2D eigenvalue weighted by atomic mass is 9.92. The molecule has 0 amide bonds. The quantitative estimate of drug-likeness (QED) is 0.709. The minimum atomic E-state index is 0.218. The molecule has 0 radical (unpaired) electrons. The van der Waals surface area contributed by atoms with Crippen molar-refractivity contribution in [3.8, 4) is 5.75 Å². The van der Waals surface area contributed by atoms with Crippen LogP contribution in [0.1, 0.15) is 45.7 Å². The predicted molar refractivity (Wildman–Crippen MR) is 98.6 cm³/mol. The van der Waals surface area contributed by atoms with E-state index in [1.54, 1.807) is 19.5 Å². The first kappa shape index (κ1) is 16.5. The van der Waals surface area contributed by atoms with Gasteiger partial charge in [-0.2, -0.15) is 5.10 Å². The number of benzene rings is 1. The number of pyridine rings is 1. The summed E-state index contributed by atoms with van der Waals surface area (Å²) in [5.74, 6) is 1.05. The van der Waals surface area contributed by atoms with Crippen LogP contribution in [0.2, 0.25) is 0 Å². The molecule has 0 bridgehead atoms. The van der Waals surface area contributed by atoms with Crippen LogP contribution < -0.4 is 4.74 Å². The molecule has 0 N–H and O–H groups in total. The SMILES string of the molecule is COc1ccc(Cc2nn(Cc3ccncc3)c3c2C(=O)CCC3)cc1. The van der Waals surface area contributed by atoms with Crippen LogP contribution in [-0.2, 0) is 19.4 Å². The van der Waals surface area contributed by atoms with Gasteiger partial charge in [-0.3, -0.25) is 14.5 Å². The lowest BCUT2D eigenvalue weighted by Crippen LogP contribution is -2.14. The standard InChI is InChI=1S/C21H21N3O2/c1-26-17-7-5-15(6-8-17)13-18-21-19(3-2-4-20(21)25)24(23-18)14-16-9-11-22-12-10-16/h5-12H,2-4,13-14H2,1H3. The van der Waals surface area contributed by atoms with Crippen molar-refractivity contribution in [1.29, 1.82) is 0 Å². The average Bonchev–Trinajstić information content (AvgIpc) is 3.02. The number of ether oxygens (including phenoxy) is 1. The van der Waals surface area contributed by atoms with Crippen molar-refractivity contribution in [2.75, 3.05) is 7.11 Å². The number of fused-ring (bicyclic) bond motifs is 1. The Morgan fingerprint density at radius 2 is 1.81 bits per heavy atom. The third kappa shape index (κ3) is 3.25. The van der Waals surface area contributed by atoms with E-state index in [2.05, 4.69) is 4.98 Å². The minimum Gasteiger partial charge on any atom is -0.497 e. The number of hydrogen-bond acceptors (Lipinski definition) is 4. The lowest BCUT2D eigenvalue weighted by Gasteiger charge is -2.13. The van der Waals surface area contributed by atoms with Crippen LogP contribution in [0.15, 0.2) is 48.8 Å². The number of carbonyl (C=O) groups is 1. The summed E-state index contributed by atoms with van der Waals surface area (Å²) in [6.07, 6.45) is 6.64. The van der Waals surface area contributed by atoms with Gasteiger partial charge in [-0.1, -0.05) is 12.1 Å². The molecule has 5 nitrogen and oxygen atoms in total. The van der Waals surface area contributed by atoms with Crippen molar-refractivity contribution >= 4 is 5.78 Å². The zero-order valence-corrected chi connectivity index (χ0v) is 14.8. The minimum absolute atomic E-state index is 0.218. The molecule has 5 heteroatoms. The normalized spacial score (nSPS) is 13.5. The highest BCUT2D eigenvalue weighted by atomic mass is 16.5. The Kier molecular flexibility index (Phi) is 4.52. The average molecular weight is 347 g/mol. The van der Waals surface area contributed by atoms with Crippen LogP contribution in [0.25, 0.3) is 0 Å². The third-order valence-electron chi connectivity index (χ3n) is 4.84. The van der Waals surface area contributed by atoms with E-state index in [1.165, 1.54) is 0 Å². The van der Waals surface area contributed by atoms with E-state index >= 15 is 0 Å². The zero-order valence-electron chi connectivity index (χ0n) is 14.8. The molecule has 1 aliphatic carbocycles. The second-order valence-electron chi connectivity index (χ2n) is 6.58. The van der Waals surface area contributed by atoms with Crippen LogP contribution in [-0.4, -0.2) is 27.7 Å². The van der Waals surface area contributed by atoms with Crippen LogP contribution in [0.5, 0.6) is 5.75 Å². The predicted octanol–water partition coefficient (Wildman–Crippen LogP) is 3.44. The first-order chi connectivity index (χ1) is 12.7. The number of aromatic nitrogens is 3. The van der Waals surface area contributed by atoms with E-state index < -0.39 is 0 Å². The van der Waals surface area contributed by atoms with Crippen molar-refractivity contribution in [2.24, 2.45) is 0 Å². The summed E-state index contributed by atoms with van der Waals surface area (Å²) in [6, 6.07) is 11.9. The smallest absolute Gasteiger partial charge is 0.166 e. The Morgan fingerprint density at radius 1 is 1.04 bits per heavy atom. The summed E-state index contributed by atoms with van der Waals surface area (Å²) in [5, 5.41) is 4.82. The van der Waals surface area contributed by atoms with Gasteiger partial charge in [0.25, 0.3) is 0 Å². The van der Waals surface area contributed by atoms with E-state index in [-0.39, 0.29) is 5.78 Å². The highest BCUT2D eigenvalue weighted by Crippen LogP contribution is 2.27. The number of ketones is 1. The van der Waals surface area contributed by atoms with Gasteiger partial charge in [0.2, 0.25) is 0 Å². The fraction of sp³-hybridized carbons (Fsp3) is 0.286. The molecule has 0 atom stereocenters. The van der Waals surface area contributed by atoms with Gasteiger partial charge < -0.3 is 4.74 Å². The van der Waals surface area contributed by atoms with E-state index in [1.807, 2.05) is 41.1 Å². The number of rotatable bonds is 5. The summed E-state index contributed by atoms with van der Waals surface area (Å²) in [6.45, 7) is 0.667. The molecular formula is C21H21N3O2. The van der Waals surface area contributed by atoms with Gasteiger partial charge in [-0.05, 0) is 48.2 Å². The fourth-order valence-electron chi connectivity index (χ4n) is 3.52. The number of carbonyl (C=O) groups excluding carboxylic acids is 1. The van der Waals surface area contributed by atoms with Crippen molar-refractivity contribution in [3.63, 3.8) is 0 Å². The molecule has 2 aromatic heterocycles. The van der Waals surface area contributed by atoms with E-state index in [4.69, 9.17) is 9.84 Å². The summed E-state index contributed by atoms with van der Waals surface area (Å²) in [5.41, 5.74) is 5.05.